The molecule has 0 bridgehead atoms. The second-order valence-electron chi connectivity index (χ2n) is 7.24. The Morgan fingerprint density at radius 3 is 2.60 bits per heavy atom. The van der Waals surface area contributed by atoms with Crippen LogP contribution in [0.5, 0.6) is 0 Å². The van der Waals surface area contributed by atoms with Crippen LogP contribution in [0.25, 0.3) is 11.5 Å². The van der Waals surface area contributed by atoms with Gasteiger partial charge in [-0.2, -0.15) is 13.2 Å². The van der Waals surface area contributed by atoms with Crippen molar-refractivity contribution in [2.45, 2.75) is 38.0 Å². The first kappa shape index (κ1) is 26.3. The minimum absolute atomic E-state index is 0.0561. The van der Waals surface area contributed by atoms with Crippen LogP contribution < -0.4 is 10.6 Å². The van der Waals surface area contributed by atoms with Crippen LogP contribution in [-0.2, 0) is 4.79 Å². The number of nitrogens with zero attached hydrogens (tertiary/aromatic N) is 2. The molecule has 0 fully saturated rings. The van der Waals surface area contributed by atoms with E-state index in [-0.39, 0.29) is 27.2 Å². The highest BCUT2D eigenvalue weighted by Crippen LogP contribution is 2.29. The van der Waals surface area contributed by atoms with Crippen LogP contribution >= 0.6 is 22.9 Å². The summed E-state index contributed by atoms with van der Waals surface area (Å²) in [6.07, 6.45) is -4.20. The van der Waals surface area contributed by atoms with Crippen molar-refractivity contribution >= 4 is 40.5 Å². The third-order valence-electron chi connectivity index (χ3n) is 4.64. The first-order chi connectivity index (χ1) is 16.5. The molecule has 2 atom stereocenters. The van der Waals surface area contributed by atoms with E-state index < -0.39 is 54.5 Å². The Kier molecular flexibility index (Phi) is 8.22. The molecule has 0 unspecified atom stereocenters. The van der Waals surface area contributed by atoms with Gasteiger partial charge in [-0.25, -0.2) is 14.4 Å². The molecule has 1 aromatic carbocycles. The third-order valence-corrected chi connectivity index (χ3v) is 5.82. The number of halogens is 5. The van der Waals surface area contributed by atoms with Gasteiger partial charge in [0.2, 0.25) is 23.3 Å². The molecule has 2 N–H and O–H groups in total. The van der Waals surface area contributed by atoms with Gasteiger partial charge in [0.1, 0.15) is 11.9 Å². The fourth-order valence-corrected chi connectivity index (χ4v) is 3.71. The number of alkyl halides is 3. The van der Waals surface area contributed by atoms with Crippen LogP contribution in [0.15, 0.2) is 40.4 Å². The van der Waals surface area contributed by atoms with Crippen molar-refractivity contribution < 1.29 is 36.4 Å². The van der Waals surface area contributed by atoms with Crippen LogP contribution in [0.3, 0.4) is 0 Å². The van der Waals surface area contributed by atoms with Crippen LogP contribution in [0.4, 0.5) is 17.6 Å². The number of oxazole rings is 1. The highest BCUT2D eigenvalue weighted by Gasteiger charge is 2.33. The predicted octanol–water partition coefficient (Wildman–Crippen LogP) is 4.42. The van der Waals surface area contributed by atoms with E-state index in [1.807, 2.05) is 0 Å². The molecule has 0 aliphatic rings. The van der Waals surface area contributed by atoms with Crippen molar-refractivity contribution in [2.24, 2.45) is 0 Å². The SMILES string of the molecule is C[C@H](NC(=O)c1cnc(-c2cccc(F)c2Cl)o1)C(=O)N[C@@H](CCC(F)(F)F)C(=O)c1nccs1. The maximum absolute atomic E-state index is 13.6. The molecule has 186 valence electrons. The zero-order valence-electron chi connectivity index (χ0n) is 17.9. The van der Waals surface area contributed by atoms with Gasteiger partial charge in [0.15, 0.2) is 5.01 Å². The molecular weight excluding hydrogens is 516 g/mol. The number of thiazole rings is 1. The minimum Gasteiger partial charge on any atom is -0.431 e. The molecule has 2 heterocycles. The molecule has 0 radical (unpaired) electrons. The highest BCUT2D eigenvalue weighted by molar-refractivity contribution is 7.11. The maximum atomic E-state index is 13.6. The van der Waals surface area contributed by atoms with Gasteiger partial charge in [-0.05, 0) is 25.5 Å². The highest BCUT2D eigenvalue weighted by atomic mass is 35.5. The van der Waals surface area contributed by atoms with Crippen molar-refractivity contribution in [1.82, 2.24) is 20.6 Å². The molecule has 14 heteroatoms. The number of ketones is 1. The summed E-state index contributed by atoms with van der Waals surface area (Å²) in [7, 11) is 0. The fraction of sp³-hybridized carbons (Fsp3) is 0.286. The molecule has 8 nitrogen and oxygen atoms in total. The van der Waals surface area contributed by atoms with Gasteiger partial charge in [0, 0.05) is 18.0 Å². The molecular formula is C21H17ClF4N4O4S. The van der Waals surface area contributed by atoms with Gasteiger partial charge in [0.25, 0.3) is 5.91 Å². The molecule has 35 heavy (non-hydrogen) atoms. The van der Waals surface area contributed by atoms with Crippen LogP contribution in [0.2, 0.25) is 5.02 Å². The standard InChI is InChI=1S/C21H17ClF4N4O4S/c1-10(17(32)30-13(5-6-21(24,25)26)16(31)20-27-7-8-35-20)29-18(33)14-9-28-19(34-14)11-3-2-4-12(23)15(11)22/h2-4,7-10,13H,5-6H2,1H3,(H,29,33)(H,30,32)/t10-,13-/m0/s1. The van der Waals surface area contributed by atoms with Crippen LogP contribution in [0.1, 0.15) is 40.1 Å². The minimum atomic E-state index is -4.54. The first-order valence-corrected chi connectivity index (χ1v) is 11.2. The number of amides is 2. The summed E-state index contributed by atoms with van der Waals surface area (Å²) < 4.78 is 57.1. The van der Waals surface area contributed by atoms with E-state index >= 15 is 0 Å². The van der Waals surface area contributed by atoms with Crippen molar-refractivity contribution in [3.05, 3.63) is 57.6 Å². The lowest BCUT2D eigenvalue weighted by atomic mass is 10.1. The number of carbonyl (C=O) groups excluding carboxylic acids is 3. The summed E-state index contributed by atoms with van der Waals surface area (Å²) in [5.74, 6) is -3.74. The number of benzene rings is 1. The van der Waals surface area contributed by atoms with Crippen LogP contribution in [0, 0.1) is 5.82 Å². The smallest absolute Gasteiger partial charge is 0.389 e. The van der Waals surface area contributed by atoms with Crippen LogP contribution in [-0.4, -0.2) is 45.8 Å². The van der Waals surface area contributed by atoms with E-state index in [0.717, 1.165) is 23.6 Å². The van der Waals surface area contributed by atoms with E-state index in [4.69, 9.17) is 16.0 Å². The third kappa shape index (κ3) is 6.85. The van der Waals surface area contributed by atoms with Gasteiger partial charge >= 0.3 is 6.18 Å². The normalized spacial score (nSPS) is 13.2. The first-order valence-electron chi connectivity index (χ1n) is 9.98. The lowest BCUT2D eigenvalue weighted by molar-refractivity contribution is -0.137. The van der Waals surface area contributed by atoms with E-state index in [0.29, 0.717) is 0 Å². The number of Topliss-reactive ketones (excluding diaryl/α,β-unsaturated/α-hetero) is 1. The summed E-state index contributed by atoms with van der Waals surface area (Å²) >= 11 is 6.80. The van der Waals surface area contributed by atoms with E-state index in [1.165, 1.54) is 30.6 Å². The molecule has 2 aromatic heterocycles. The van der Waals surface area contributed by atoms with Gasteiger partial charge < -0.3 is 15.1 Å². The Bertz CT molecular complexity index is 1220. The molecule has 0 aliphatic carbocycles. The Labute approximate surface area is 204 Å². The molecule has 3 aromatic rings. The average molecular weight is 533 g/mol. The lowest BCUT2D eigenvalue weighted by Gasteiger charge is -2.20. The maximum Gasteiger partial charge on any atom is 0.389 e. The van der Waals surface area contributed by atoms with Gasteiger partial charge in [-0.3, -0.25) is 14.4 Å². The quantitative estimate of drug-likeness (QED) is 0.311. The number of nitrogens with one attached hydrogen (secondary N) is 2. The number of hydrogen-bond donors (Lipinski definition) is 2. The van der Waals surface area contributed by atoms with Crippen molar-refractivity contribution in [1.29, 1.82) is 0 Å². The summed E-state index contributed by atoms with van der Waals surface area (Å²) in [4.78, 5) is 45.2. The Morgan fingerprint density at radius 1 is 1.20 bits per heavy atom. The van der Waals surface area contributed by atoms with Gasteiger partial charge in [-0.15, -0.1) is 11.3 Å². The second-order valence-corrected chi connectivity index (χ2v) is 8.52. The average Bonchev–Trinajstić information content (AvgIpc) is 3.49. The molecule has 0 saturated heterocycles. The summed E-state index contributed by atoms with van der Waals surface area (Å²) in [5, 5.41) is 5.69. The van der Waals surface area contributed by atoms with Gasteiger partial charge in [0.05, 0.1) is 22.8 Å². The zero-order valence-corrected chi connectivity index (χ0v) is 19.4. The molecule has 0 aliphatic heterocycles. The van der Waals surface area contributed by atoms with E-state index in [9.17, 15) is 31.9 Å². The van der Waals surface area contributed by atoms with E-state index in [1.54, 1.807) is 0 Å². The topological polar surface area (TPSA) is 114 Å². The van der Waals surface area contributed by atoms with Gasteiger partial charge in [-0.1, -0.05) is 17.7 Å². The lowest BCUT2D eigenvalue weighted by Crippen LogP contribution is -2.50. The zero-order chi connectivity index (χ0) is 25.8. The van der Waals surface area contributed by atoms with Crippen molar-refractivity contribution in [2.75, 3.05) is 0 Å². The van der Waals surface area contributed by atoms with Crippen molar-refractivity contribution in [3.63, 3.8) is 0 Å². The Balaban J connectivity index is 1.67. The summed E-state index contributed by atoms with van der Waals surface area (Å²) in [6, 6.07) is 1.17. The second kappa shape index (κ2) is 11.0. The fourth-order valence-electron chi connectivity index (χ4n) is 2.87. The van der Waals surface area contributed by atoms with E-state index in [2.05, 4.69) is 20.6 Å². The Hall–Kier alpha value is -3.32. The van der Waals surface area contributed by atoms with Crippen molar-refractivity contribution in [3.8, 4) is 11.5 Å². The molecule has 0 spiro atoms. The summed E-state index contributed by atoms with van der Waals surface area (Å²) in [5.41, 5.74) is 0.102. The molecule has 0 saturated carbocycles. The molecule has 2 amide bonds. The monoisotopic (exact) mass is 532 g/mol. The number of aromatic nitrogens is 2. The summed E-state index contributed by atoms with van der Waals surface area (Å²) in [6.45, 7) is 1.27. The number of hydrogen-bond acceptors (Lipinski definition) is 7. The Morgan fingerprint density at radius 2 is 1.94 bits per heavy atom. The molecule has 3 rings (SSSR count). The largest absolute Gasteiger partial charge is 0.431 e. The number of carbonyl (C=O) groups is 3. The predicted molar refractivity (Wildman–Crippen MR) is 117 cm³/mol. The number of rotatable bonds is 9.